The average molecular weight is 272 g/mol. The molecule has 0 aromatic heterocycles. The Kier molecular flexibility index (Phi) is 6.83. The van der Waals surface area contributed by atoms with Gasteiger partial charge in [0, 0.05) is 25.6 Å². The van der Waals surface area contributed by atoms with Gasteiger partial charge in [-0.3, -0.25) is 4.79 Å². The Balaban J connectivity index is 2.70. The van der Waals surface area contributed by atoms with E-state index in [1.807, 2.05) is 31.3 Å². The normalized spacial score (nSPS) is 10.1. The highest BCUT2D eigenvalue weighted by Gasteiger charge is 2.11. The van der Waals surface area contributed by atoms with E-state index in [1.165, 1.54) is 0 Å². The Labute approximate surface area is 122 Å². The number of carbonyl (C=O) groups excluding carboxylic acids is 1. The minimum Gasteiger partial charge on any atom is -0.341 e. The van der Waals surface area contributed by atoms with Crippen LogP contribution in [0.1, 0.15) is 37.8 Å². The van der Waals surface area contributed by atoms with Gasteiger partial charge in [-0.1, -0.05) is 43.9 Å². The van der Waals surface area contributed by atoms with Gasteiger partial charge in [-0.05, 0) is 24.0 Å². The van der Waals surface area contributed by atoms with Crippen LogP contribution in [0.15, 0.2) is 24.3 Å². The molecule has 1 rings (SSSR count). The molecule has 3 heteroatoms. The molecule has 1 aromatic carbocycles. The van der Waals surface area contributed by atoms with E-state index in [4.69, 9.17) is 5.73 Å². The van der Waals surface area contributed by atoms with Crippen LogP contribution in [0, 0.1) is 17.8 Å². The molecule has 0 heterocycles. The van der Waals surface area contributed by atoms with E-state index in [0.717, 1.165) is 17.5 Å². The Hall–Kier alpha value is -1.79. The molecule has 0 atom stereocenters. The molecule has 3 nitrogen and oxygen atoms in total. The minimum absolute atomic E-state index is 0.181. The Bertz CT molecular complexity index is 497. The predicted octanol–water partition coefficient (Wildman–Crippen LogP) is 2.39. The first-order chi connectivity index (χ1) is 9.54. The standard InChI is InChI=1S/C17H24N2O/c1-14(2)10-11-17(20)19(3)13-16-8-5-4-7-15(16)9-6-12-18/h4-5,7-8,14H,10-13,18H2,1-3H3. The van der Waals surface area contributed by atoms with Gasteiger partial charge in [-0.2, -0.15) is 0 Å². The van der Waals surface area contributed by atoms with Crippen molar-refractivity contribution in [3.8, 4) is 11.8 Å². The van der Waals surface area contributed by atoms with Crippen molar-refractivity contribution in [2.45, 2.75) is 33.2 Å². The highest BCUT2D eigenvalue weighted by atomic mass is 16.2. The number of hydrogen-bond donors (Lipinski definition) is 1. The van der Waals surface area contributed by atoms with Gasteiger partial charge in [0.15, 0.2) is 0 Å². The largest absolute Gasteiger partial charge is 0.341 e. The second-order valence-electron chi connectivity index (χ2n) is 5.35. The summed E-state index contributed by atoms with van der Waals surface area (Å²) in [6, 6.07) is 7.89. The van der Waals surface area contributed by atoms with Crippen LogP contribution < -0.4 is 5.73 Å². The van der Waals surface area contributed by atoms with E-state index in [1.54, 1.807) is 4.90 Å². The maximum absolute atomic E-state index is 12.0. The molecule has 108 valence electrons. The molecule has 0 fully saturated rings. The van der Waals surface area contributed by atoms with Crippen LogP contribution in [-0.4, -0.2) is 24.4 Å². The molecule has 2 N–H and O–H groups in total. The average Bonchev–Trinajstić information content (AvgIpc) is 2.43. The van der Waals surface area contributed by atoms with Crippen molar-refractivity contribution in [3.63, 3.8) is 0 Å². The molecule has 1 amide bonds. The molecule has 0 saturated heterocycles. The Morgan fingerprint density at radius 3 is 2.70 bits per heavy atom. The lowest BCUT2D eigenvalue weighted by atomic mass is 10.1. The van der Waals surface area contributed by atoms with Gasteiger partial charge in [0.25, 0.3) is 0 Å². The molecule has 20 heavy (non-hydrogen) atoms. The number of benzene rings is 1. The van der Waals surface area contributed by atoms with E-state index < -0.39 is 0 Å². The summed E-state index contributed by atoms with van der Waals surface area (Å²) in [4.78, 5) is 13.8. The molecular weight excluding hydrogens is 248 g/mol. The highest BCUT2D eigenvalue weighted by Crippen LogP contribution is 2.12. The van der Waals surface area contributed by atoms with Crippen molar-refractivity contribution in [1.29, 1.82) is 0 Å². The number of amides is 1. The molecule has 0 aliphatic carbocycles. The van der Waals surface area contributed by atoms with Gasteiger partial charge in [0.1, 0.15) is 0 Å². The third-order valence-electron chi connectivity index (χ3n) is 3.11. The van der Waals surface area contributed by atoms with Gasteiger partial charge in [-0.25, -0.2) is 0 Å². The lowest BCUT2D eigenvalue weighted by Crippen LogP contribution is -2.26. The van der Waals surface area contributed by atoms with Gasteiger partial charge in [0.2, 0.25) is 5.91 Å². The van der Waals surface area contributed by atoms with Crippen LogP contribution in [0.2, 0.25) is 0 Å². The summed E-state index contributed by atoms with van der Waals surface area (Å²) in [5, 5.41) is 0. The lowest BCUT2D eigenvalue weighted by molar-refractivity contribution is -0.130. The zero-order valence-corrected chi connectivity index (χ0v) is 12.6. The number of rotatable bonds is 5. The second kappa shape index (κ2) is 8.39. The second-order valence-corrected chi connectivity index (χ2v) is 5.35. The topological polar surface area (TPSA) is 46.3 Å². The number of nitrogens with zero attached hydrogens (tertiary/aromatic N) is 1. The van der Waals surface area contributed by atoms with Gasteiger partial charge in [-0.15, -0.1) is 0 Å². The summed E-state index contributed by atoms with van der Waals surface area (Å²) < 4.78 is 0. The van der Waals surface area contributed by atoms with E-state index in [0.29, 0.717) is 25.4 Å². The van der Waals surface area contributed by atoms with Crippen LogP contribution in [-0.2, 0) is 11.3 Å². The molecule has 1 aromatic rings. The maximum Gasteiger partial charge on any atom is 0.222 e. The SMILES string of the molecule is CC(C)CCC(=O)N(C)Cc1ccccc1C#CCN. The first kappa shape index (κ1) is 16.3. The fraction of sp³-hybridized carbons (Fsp3) is 0.471. The van der Waals surface area contributed by atoms with Crippen LogP contribution >= 0.6 is 0 Å². The zero-order chi connectivity index (χ0) is 15.0. The summed E-state index contributed by atoms with van der Waals surface area (Å²) >= 11 is 0. The van der Waals surface area contributed by atoms with Crippen molar-refractivity contribution in [2.24, 2.45) is 11.7 Å². The monoisotopic (exact) mass is 272 g/mol. The first-order valence-corrected chi connectivity index (χ1v) is 7.05. The van der Waals surface area contributed by atoms with E-state index in [9.17, 15) is 4.79 Å². The van der Waals surface area contributed by atoms with Gasteiger partial charge >= 0.3 is 0 Å². The van der Waals surface area contributed by atoms with Gasteiger partial charge < -0.3 is 10.6 Å². The van der Waals surface area contributed by atoms with Crippen molar-refractivity contribution in [3.05, 3.63) is 35.4 Å². The summed E-state index contributed by atoms with van der Waals surface area (Å²) in [7, 11) is 1.84. The van der Waals surface area contributed by atoms with Crippen molar-refractivity contribution in [2.75, 3.05) is 13.6 Å². The zero-order valence-electron chi connectivity index (χ0n) is 12.6. The van der Waals surface area contributed by atoms with E-state index in [-0.39, 0.29) is 5.91 Å². The summed E-state index contributed by atoms with van der Waals surface area (Å²) in [5.74, 6) is 6.65. The summed E-state index contributed by atoms with van der Waals surface area (Å²) in [6.07, 6.45) is 1.53. The number of carbonyl (C=O) groups is 1. The van der Waals surface area contributed by atoms with Crippen LogP contribution in [0.5, 0.6) is 0 Å². The molecular formula is C17H24N2O. The molecule has 0 aliphatic rings. The number of hydrogen-bond acceptors (Lipinski definition) is 2. The van der Waals surface area contributed by atoms with Crippen LogP contribution in [0.25, 0.3) is 0 Å². The van der Waals surface area contributed by atoms with Crippen LogP contribution in [0.3, 0.4) is 0 Å². The molecule has 0 aliphatic heterocycles. The molecule has 0 bridgehead atoms. The minimum atomic E-state index is 0.181. The van der Waals surface area contributed by atoms with Crippen molar-refractivity contribution in [1.82, 2.24) is 4.90 Å². The molecule has 0 radical (unpaired) electrons. The molecule has 0 spiro atoms. The smallest absolute Gasteiger partial charge is 0.222 e. The van der Waals surface area contributed by atoms with Crippen LogP contribution in [0.4, 0.5) is 0 Å². The van der Waals surface area contributed by atoms with E-state index in [2.05, 4.69) is 25.7 Å². The third-order valence-corrected chi connectivity index (χ3v) is 3.11. The highest BCUT2D eigenvalue weighted by molar-refractivity contribution is 5.75. The quantitative estimate of drug-likeness (QED) is 0.837. The van der Waals surface area contributed by atoms with Crippen molar-refractivity contribution >= 4 is 5.91 Å². The first-order valence-electron chi connectivity index (χ1n) is 7.05. The molecule has 0 saturated carbocycles. The lowest BCUT2D eigenvalue weighted by Gasteiger charge is -2.18. The Morgan fingerprint density at radius 2 is 2.05 bits per heavy atom. The van der Waals surface area contributed by atoms with Crippen molar-refractivity contribution < 1.29 is 4.79 Å². The Morgan fingerprint density at radius 1 is 1.35 bits per heavy atom. The summed E-state index contributed by atoms with van der Waals surface area (Å²) in [6.45, 7) is 5.19. The fourth-order valence-electron chi connectivity index (χ4n) is 1.87. The fourth-order valence-corrected chi connectivity index (χ4v) is 1.87. The van der Waals surface area contributed by atoms with E-state index >= 15 is 0 Å². The third kappa shape index (κ3) is 5.46. The predicted molar refractivity (Wildman–Crippen MR) is 82.9 cm³/mol. The maximum atomic E-state index is 12.0. The number of nitrogens with two attached hydrogens (primary N) is 1. The molecule has 0 unspecified atom stereocenters. The van der Waals surface area contributed by atoms with Gasteiger partial charge in [0.05, 0.1) is 6.54 Å². The summed E-state index contributed by atoms with van der Waals surface area (Å²) in [5.41, 5.74) is 7.42.